The highest BCUT2D eigenvalue weighted by Gasteiger charge is 2.74. The molecule has 216 valence electrons. The molecule has 0 aromatic rings. The molecule has 3 fully saturated rings. The molecule has 0 bridgehead atoms. The summed E-state index contributed by atoms with van der Waals surface area (Å²) in [4.78, 5) is 50.8. The summed E-state index contributed by atoms with van der Waals surface area (Å²) in [6, 6.07) is -1.27. The molecule has 3 saturated heterocycles. The van der Waals surface area contributed by atoms with E-state index in [0.717, 1.165) is 26.1 Å². The fourth-order valence-electron chi connectivity index (χ4n) is 7.29. The Bertz CT molecular complexity index is 1030. The number of likely N-dealkylation sites (tertiary alicyclic amines) is 1. The third kappa shape index (κ3) is 4.75. The maximum absolute atomic E-state index is 14.5. The number of nitrogens with zero attached hydrogens (tertiary/aromatic N) is 4. The van der Waals surface area contributed by atoms with E-state index in [4.69, 9.17) is 4.74 Å². The highest BCUT2D eigenvalue weighted by Crippen LogP contribution is 2.66. The van der Waals surface area contributed by atoms with Gasteiger partial charge in [0, 0.05) is 50.6 Å². The van der Waals surface area contributed by atoms with Crippen molar-refractivity contribution in [3.05, 3.63) is 24.3 Å². The summed E-state index contributed by atoms with van der Waals surface area (Å²) in [5.74, 6) is -1.56. The molecule has 9 nitrogen and oxygen atoms in total. The van der Waals surface area contributed by atoms with Crippen molar-refractivity contribution in [1.82, 2.24) is 19.6 Å². The summed E-state index contributed by atoms with van der Waals surface area (Å²) in [7, 11) is 0. The van der Waals surface area contributed by atoms with Crippen molar-refractivity contribution in [2.24, 2.45) is 17.8 Å². The summed E-state index contributed by atoms with van der Waals surface area (Å²) in [5, 5.41) is 10.5. The maximum Gasteiger partial charge on any atom is 0.247 e. The van der Waals surface area contributed by atoms with E-state index < -0.39 is 33.4 Å². The van der Waals surface area contributed by atoms with E-state index in [1.54, 1.807) is 16.7 Å². The van der Waals surface area contributed by atoms with E-state index in [1.165, 1.54) is 0 Å². The van der Waals surface area contributed by atoms with Crippen molar-refractivity contribution < 1.29 is 24.2 Å². The van der Waals surface area contributed by atoms with Crippen molar-refractivity contribution in [2.45, 2.75) is 55.7 Å². The minimum atomic E-state index is -0.876. The standard InChI is InChI=1S/C29H44N4O5S/c1-5-10-31-11-6-8-28(4)22(25(31)35)23-26(36)33(21(19-34)20(2)3)24-27(37)32(12-7-9-29(23,24)39-28)14-13-30-15-17-38-18-16-30/h6-9,20-24,34H,5,10-19H2,1-4H3/t21-,22+,23-,24?,28-,29-/m0/s1. The van der Waals surface area contributed by atoms with Crippen LogP contribution in [-0.2, 0) is 19.1 Å². The average Bonchev–Trinajstić information content (AvgIpc) is 3.18. The van der Waals surface area contributed by atoms with Gasteiger partial charge in [-0.3, -0.25) is 19.3 Å². The van der Waals surface area contributed by atoms with E-state index in [1.807, 2.05) is 29.7 Å². The molecule has 5 heterocycles. The molecule has 10 heteroatoms. The van der Waals surface area contributed by atoms with E-state index in [2.05, 4.69) is 37.0 Å². The molecule has 6 atom stereocenters. The molecule has 1 spiro atoms. The Morgan fingerprint density at radius 2 is 1.64 bits per heavy atom. The summed E-state index contributed by atoms with van der Waals surface area (Å²) in [6.45, 7) is 13.9. The van der Waals surface area contributed by atoms with Gasteiger partial charge in [0.15, 0.2) is 0 Å². The van der Waals surface area contributed by atoms with Gasteiger partial charge in [0.25, 0.3) is 0 Å². The summed E-state index contributed by atoms with van der Waals surface area (Å²) >= 11 is 1.61. The number of rotatable bonds is 8. The summed E-state index contributed by atoms with van der Waals surface area (Å²) in [5.41, 5.74) is 0. The van der Waals surface area contributed by atoms with E-state index in [9.17, 15) is 19.5 Å². The topological polar surface area (TPSA) is 93.6 Å². The lowest BCUT2D eigenvalue weighted by Gasteiger charge is -2.41. The number of carbonyl (C=O) groups is 3. The Morgan fingerprint density at radius 3 is 2.28 bits per heavy atom. The second kappa shape index (κ2) is 11.2. The predicted octanol–water partition coefficient (Wildman–Crippen LogP) is 1.23. The van der Waals surface area contributed by atoms with Crippen LogP contribution in [0.5, 0.6) is 0 Å². The zero-order chi connectivity index (χ0) is 27.9. The fraction of sp³-hybridized carbons (Fsp3) is 0.759. The Balaban J connectivity index is 1.55. The number of morpholine rings is 1. The Kier molecular flexibility index (Phi) is 8.21. The van der Waals surface area contributed by atoms with Gasteiger partial charge in [-0.2, -0.15) is 0 Å². The number of thioether (sulfide) groups is 1. The maximum atomic E-state index is 14.5. The normalized spacial score (nSPS) is 35.8. The summed E-state index contributed by atoms with van der Waals surface area (Å²) in [6.07, 6.45) is 9.09. The lowest BCUT2D eigenvalue weighted by Crippen LogP contribution is -2.58. The number of ether oxygens (including phenoxy) is 1. The van der Waals surface area contributed by atoms with Gasteiger partial charge >= 0.3 is 0 Å². The molecule has 0 aromatic carbocycles. The third-order valence-electron chi connectivity index (χ3n) is 9.26. The van der Waals surface area contributed by atoms with Crippen LogP contribution >= 0.6 is 11.8 Å². The molecule has 0 saturated carbocycles. The number of aliphatic hydroxyl groups is 1. The van der Waals surface area contributed by atoms with Crippen LogP contribution in [0.15, 0.2) is 24.3 Å². The highest BCUT2D eigenvalue weighted by molar-refractivity contribution is 8.02. The van der Waals surface area contributed by atoms with Crippen LogP contribution in [0.1, 0.15) is 34.1 Å². The van der Waals surface area contributed by atoms with Crippen molar-refractivity contribution in [2.75, 3.05) is 65.6 Å². The van der Waals surface area contributed by atoms with Gasteiger partial charge in [-0.1, -0.05) is 45.1 Å². The molecule has 3 amide bonds. The van der Waals surface area contributed by atoms with E-state index in [0.29, 0.717) is 39.4 Å². The molecule has 0 aliphatic carbocycles. The predicted molar refractivity (Wildman–Crippen MR) is 151 cm³/mol. The van der Waals surface area contributed by atoms with Gasteiger partial charge in [-0.25, -0.2) is 0 Å². The van der Waals surface area contributed by atoms with Crippen LogP contribution in [0.25, 0.3) is 0 Å². The highest BCUT2D eigenvalue weighted by atomic mass is 32.2. The molecule has 0 aromatic heterocycles. The second-order valence-electron chi connectivity index (χ2n) is 12.1. The van der Waals surface area contributed by atoms with Crippen molar-refractivity contribution >= 4 is 29.5 Å². The van der Waals surface area contributed by atoms with Crippen molar-refractivity contribution in [3.63, 3.8) is 0 Å². The fourth-order valence-corrected chi connectivity index (χ4v) is 9.44. The number of fused-ring (bicyclic) bond motifs is 2. The lowest BCUT2D eigenvalue weighted by atomic mass is 9.74. The van der Waals surface area contributed by atoms with Gasteiger partial charge in [-0.15, -0.1) is 11.8 Å². The molecule has 1 unspecified atom stereocenters. The number of amides is 3. The average molecular weight is 561 g/mol. The molecule has 1 N–H and O–H groups in total. The Morgan fingerprint density at radius 1 is 0.974 bits per heavy atom. The smallest absolute Gasteiger partial charge is 0.247 e. The molecule has 5 aliphatic rings. The van der Waals surface area contributed by atoms with Crippen LogP contribution in [-0.4, -0.2) is 130 Å². The zero-order valence-corrected chi connectivity index (χ0v) is 24.6. The first-order chi connectivity index (χ1) is 18.7. The van der Waals surface area contributed by atoms with Crippen LogP contribution in [0, 0.1) is 17.8 Å². The van der Waals surface area contributed by atoms with E-state index >= 15 is 0 Å². The van der Waals surface area contributed by atoms with Crippen LogP contribution < -0.4 is 0 Å². The largest absolute Gasteiger partial charge is 0.394 e. The third-order valence-corrected chi connectivity index (χ3v) is 11.1. The van der Waals surface area contributed by atoms with Gasteiger partial charge in [0.2, 0.25) is 17.7 Å². The first kappa shape index (κ1) is 28.6. The second-order valence-corrected chi connectivity index (χ2v) is 13.9. The molecular formula is C29H44N4O5S. The first-order valence-electron chi connectivity index (χ1n) is 14.5. The number of carbonyl (C=O) groups excluding carboxylic acids is 3. The zero-order valence-electron chi connectivity index (χ0n) is 23.8. The van der Waals surface area contributed by atoms with Gasteiger partial charge < -0.3 is 24.5 Å². The lowest BCUT2D eigenvalue weighted by molar-refractivity contribution is -0.148. The Labute approximate surface area is 236 Å². The van der Waals surface area contributed by atoms with Gasteiger partial charge in [-0.05, 0) is 19.3 Å². The van der Waals surface area contributed by atoms with Gasteiger partial charge in [0.1, 0.15) is 6.04 Å². The van der Waals surface area contributed by atoms with Crippen LogP contribution in [0.3, 0.4) is 0 Å². The SMILES string of the molecule is CCCN1CC=C[C@]2(C)S[C@]34C=CCN(CCN5CCOCC5)C(=O)C3N([C@@H](CO)C(C)C)C(=O)[C@@H]4[C@@H]2C1=O. The van der Waals surface area contributed by atoms with E-state index in [-0.39, 0.29) is 30.2 Å². The monoisotopic (exact) mass is 560 g/mol. The molecule has 39 heavy (non-hydrogen) atoms. The minimum absolute atomic E-state index is 0.00737. The van der Waals surface area contributed by atoms with Crippen molar-refractivity contribution in [3.8, 4) is 0 Å². The molecular weight excluding hydrogens is 516 g/mol. The molecule has 5 rings (SSSR count). The number of aliphatic hydroxyl groups excluding tert-OH is 1. The number of hydrogen-bond acceptors (Lipinski definition) is 7. The summed E-state index contributed by atoms with van der Waals surface area (Å²) < 4.78 is 4.00. The minimum Gasteiger partial charge on any atom is -0.394 e. The first-order valence-corrected chi connectivity index (χ1v) is 15.4. The number of hydrogen-bond donors (Lipinski definition) is 1. The van der Waals surface area contributed by atoms with Crippen LogP contribution in [0.4, 0.5) is 0 Å². The molecule has 0 radical (unpaired) electrons. The van der Waals surface area contributed by atoms with Gasteiger partial charge in [0.05, 0.1) is 42.4 Å². The quantitative estimate of drug-likeness (QED) is 0.447. The molecule has 5 aliphatic heterocycles. The Hall–Kier alpha value is -1.88. The van der Waals surface area contributed by atoms with Crippen LogP contribution in [0.2, 0.25) is 0 Å². The van der Waals surface area contributed by atoms with Crippen molar-refractivity contribution in [1.29, 1.82) is 0 Å².